The van der Waals surface area contributed by atoms with Crippen LogP contribution < -0.4 is 4.74 Å². The molecular formula is C16H13IO3. The van der Waals surface area contributed by atoms with Gasteiger partial charge in [-0.2, -0.15) is 0 Å². The third-order valence-electron chi connectivity index (χ3n) is 2.79. The summed E-state index contributed by atoms with van der Waals surface area (Å²) in [5, 5.41) is 9.64. The zero-order valence-electron chi connectivity index (χ0n) is 10.8. The van der Waals surface area contributed by atoms with Crippen LogP contribution >= 0.6 is 22.6 Å². The van der Waals surface area contributed by atoms with Gasteiger partial charge in [-0.3, -0.25) is 4.79 Å². The number of carbonyl (C=O) groups is 1. The van der Waals surface area contributed by atoms with Crippen molar-refractivity contribution >= 4 is 34.5 Å². The van der Waals surface area contributed by atoms with Crippen molar-refractivity contribution in [2.75, 3.05) is 7.11 Å². The van der Waals surface area contributed by atoms with Gasteiger partial charge in [-0.25, -0.2) is 0 Å². The molecule has 20 heavy (non-hydrogen) atoms. The van der Waals surface area contributed by atoms with E-state index in [4.69, 9.17) is 4.74 Å². The minimum atomic E-state index is -0.246. The van der Waals surface area contributed by atoms with E-state index in [9.17, 15) is 9.90 Å². The summed E-state index contributed by atoms with van der Waals surface area (Å²) >= 11 is 2.18. The molecule has 0 fully saturated rings. The van der Waals surface area contributed by atoms with Crippen LogP contribution in [0.4, 0.5) is 0 Å². The van der Waals surface area contributed by atoms with Gasteiger partial charge in [-0.05, 0) is 52.9 Å². The Bertz CT molecular complexity index is 663. The fourth-order valence-electron chi connectivity index (χ4n) is 1.81. The molecule has 0 aromatic heterocycles. The molecule has 0 heterocycles. The molecule has 4 heteroatoms. The number of ketones is 1. The number of hydrogen-bond donors (Lipinski definition) is 1. The molecule has 0 bridgehead atoms. The first-order valence-electron chi connectivity index (χ1n) is 5.96. The Labute approximate surface area is 131 Å². The smallest absolute Gasteiger partial charge is 0.189 e. The monoisotopic (exact) mass is 380 g/mol. The lowest BCUT2D eigenvalue weighted by atomic mass is 10.1. The summed E-state index contributed by atoms with van der Waals surface area (Å²) in [4.78, 5) is 12.0. The number of phenolic OH excluding ortho intramolecular Hbond substituents is 1. The van der Waals surface area contributed by atoms with E-state index in [-0.39, 0.29) is 17.1 Å². The van der Waals surface area contributed by atoms with Gasteiger partial charge in [-0.1, -0.05) is 24.3 Å². The van der Waals surface area contributed by atoms with Crippen LogP contribution in [0.5, 0.6) is 11.5 Å². The van der Waals surface area contributed by atoms with Gasteiger partial charge >= 0.3 is 0 Å². The van der Waals surface area contributed by atoms with Gasteiger partial charge in [0.25, 0.3) is 0 Å². The average molecular weight is 380 g/mol. The van der Waals surface area contributed by atoms with Crippen molar-refractivity contribution in [3.8, 4) is 11.5 Å². The predicted octanol–water partition coefficient (Wildman–Crippen LogP) is 3.90. The van der Waals surface area contributed by atoms with Gasteiger partial charge in [-0.15, -0.1) is 0 Å². The Hall–Kier alpha value is -1.82. The molecule has 2 rings (SSSR count). The Morgan fingerprint density at radius 1 is 1.20 bits per heavy atom. The normalized spacial score (nSPS) is 10.7. The molecule has 0 atom stereocenters. The van der Waals surface area contributed by atoms with Crippen molar-refractivity contribution in [1.29, 1.82) is 0 Å². The van der Waals surface area contributed by atoms with E-state index in [0.717, 1.165) is 14.9 Å². The van der Waals surface area contributed by atoms with Gasteiger partial charge in [0.05, 0.1) is 16.2 Å². The number of para-hydroxylation sites is 2. The number of carbonyl (C=O) groups excluding carboxylic acids is 1. The molecule has 3 nitrogen and oxygen atoms in total. The number of phenols is 1. The number of allylic oxidation sites excluding steroid dienone is 1. The van der Waals surface area contributed by atoms with Gasteiger partial charge in [0, 0.05) is 5.56 Å². The quantitative estimate of drug-likeness (QED) is 0.497. The van der Waals surface area contributed by atoms with Gasteiger partial charge in [0.1, 0.15) is 11.5 Å². The molecule has 2 aromatic rings. The van der Waals surface area contributed by atoms with Crippen molar-refractivity contribution < 1.29 is 14.6 Å². The average Bonchev–Trinajstić information content (AvgIpc) is 2.45. The van der Waals surface area contributed by atoms with Crippen LogP contribution in [0.1, 0.15) is 15.9 Å². The highest BCUT2D eigenvalue weighted by Gasteiger charge is 2.08. The minimum absolute atomic E-state index is 0.0169. The first kappa shape index (κ1) is 14.6. The van der Waals surface area contributed by atoms with Crippen molar-refractivity contribution in [1.82, 2.24) is 0 Å². The molecule has 0 saturated heterocycles. The zero-order valence-corrected chi connectivity index (χ0v) is 13.0. The number of methoxy groups -OCH3 is 1. The zero-order chi connectivity index (χ0) is 14.5. The number of halogens is 1. The van der Waals surface area contributed by atoms with Gasteiger partial charge in [0.15, 0.2) is 5.78 Å². The topological polar surface area (TPSA) is 46.5 Å². The molecule has 0 spiro atoms. The Morgan fingerprint density at radius 2 is 1.95 bits per heavy atom. The molecule has 0 radical (unpaired) electrons. The molecule has 0 aliphatic rings. The summed E-state index contributed by atoms with van der Waals surface area (Å²) in [7, 11) is 1.60. The third kappa shape index (κ3) is 3.19. The predicted molar refractivity (Wildman–Crippen MR) is 87.2 cm³/mol. The highest BCUT2D eigenvalue weighted by Crippen LogP contribution is 2.26. The molecular weight excluding hydrogens is 367 g/mol. The standard InChI is InChI=1S/C16H13IO3/c1-20-16-11(5-4-7-13(16)17)9-10-15(19)12-6-2-3-8-14(12)18/h2-10,18H,1H3. The highest BCUT2D eigenvalue weighted by molar-refractivity contribution is 14.1. The van der Waals surface area contributed by atoms with Gasteiger partial charge < -0.3 is 9.84 Å². The van der Waals surface area contributed by atoms with Crippen LogP contribution in [0.25, 0.3) is 6.08 Å². The van der Waals surface area contributed by atoms with Crippen molar-refractivity contribution in [2.45, 2.75) is 0 Å². The van der Waals surface area contributed by atoms with Crippen LogP contribution in [0.15, 0.2) is 48.5 Å². The van der Waals surface area contributed by atoms with Crippen molar-refractivity contribution in [3.63, 3.8) is 0 Å². The van der Waals surface area contributed by atoms with E-state index < -0.39 is 0 Å². The highest BCUT2D eigenvalue weighted by atomic mass is 127. The number of aromatic hydroxyl groups is 1. The summed E-state index contributed by atoms with van der Waals surface area (Å²) in [6, 6.07) is 12.2. The number of ether oxygens (including phenoxy) is 1. The second-order valence-corrected chi connectivity index (χ2v) is 5.24. The lowest BCUT2D eigenvalue weighted by Crippen LogP contribution is -1.95. The largest absolute Gasteiger partial charge is 0.507 e. The maximum absolute atomic E-state index is 12.0. The van der Waals surface area contributed by atoms with E-state index in [0.29, 0.717) is 0 Å². The summed E-state index contributed by atoms with van der Waals surface area (Å²) in [5.74, 6) is 0.468. The minimum Gasteiger partial charge on any atom is -0.507 e. The maximum atomic E-state index is 12.0. The fraction of sp³-hybridized carbons (Fsp3) is 0.0625. The molecule has 0 saturated carbocycles. The van der Waals surface area contributed by atoms with Crippen LogP contribution in [0, 0.1) is 3.57 Å². The molecule has 2 aromatic carbocycles. The molecule has 102 valence electrons. The van der Waals surface area contributed by atoms with Gasteiger partial charge in [0.2, 0.25) is 0 Å². The third-order valence-corrected chi connectivity index (χ3v) is 3.63. The van der Waals surface area contributed by atoms with Crippen LogP contribution in [0.3, 0.4) is 0 Å². The fourth-order valence-corrected chi connectivity index (χ4v) is 2.55. The SMILES string of the molecule is COc1c(I)cccc1C=CC(=O)c1ccccc1O. The van der Waals surface area contributed by atoms with E-state index in [1.54, 1.807) is 31.4 Å². The molecule has 0 unspecified atom stereocenters. The second-order valence-electron chi connectivity index (χ2n) is 4.08. The molecule has 0 amide bonds. The van der Waals surface area contributed by atoms with E-state index in [2.05, 4.69) is 22.6 Å². The van der Waals surface area contributed by atoms with E-state index >= 15 is 0 Å². The Morgan fingerprint density at radius 3 is 2.65 bits per heavy atom. The Balaban J connectivity index is 2.29. The van der Waals surface area contributed by atoms with Crippen LogP contribution in [-0.4, -0.2) is 18.0 Å². The Kier molecular flexibility index (Phi) is 4.79. The maximum Gasteiger partial charge on any atom is 0.189 e. The van der Waals surface area contributed by atoms with Crippen LogP contribution in [-0.2, 0) is 0 Å². The molecule has 0 aliphatic carbocycles. The van der Waals surface area contributed by atoms with Crippen LogP contribution in [0.2, 0.25) is 0 Å². The number of hydrogen-bond acceptors (Lipinski definition) is 3. The molecule has 0 aliphatic heterocycles. The first-order chi connectivity index (χ1) is 9.63. The second kappa shape index (κ2) is 6.56. The van der Waals surface area contributed by atoms with E-state index in [1.165, 1.54) is 12.1 Å². The summed E-state index contributed by atoms with van der Waals surface area (Å²) < 4.78 is 6.29. The first-order valence-corrected chi connectivity index (χ1v) is 7.04. The molecule has 1 N–H and O–H groups in total. The van der Waals surface area contributed by atoms with E-state index in [1.807, 2.05) is 18.2 Å². The lowest BCUT2D eigenvalue weighted by molar-refractivity contribution is 0.104. The van der Waals surface area contributed by atoms with Crippen molar-refractivity contribution in [2.24, 2.45) is 0 Å². The number of benzene rings is 2. The summed E-state index contributed by atoms with van der Waals surface area (Å²) in [5.41, 5.74) is 1.11. The summed E-state index contributed by atoms with van der Waals surface area (Å²) in [6.45, 7) is 0. The lowest BCUT2D eigenvalue weighted by Gasteiger charge is -2.06. The number of rotatable bonds is 4. The summed E-state index contributed by atoms with van der Waals surface area (Å²) in [6.07, 6.45) is 3.12. The van der Waals surface area contributed by atoms with Crippen molar-refractivity contribution in [3.05, 3.63) is 63.2 Å².